The van der Waals surface area contributed by atoms with E-state index in [9.17, 15) is 4.79 Å². The monoisotopic (exact) mass is 328 g/mol. The van der Waals surface area contributed by atoms with Crippen LogP contribution in [0, 0.1) is 0 Å². The van der Waals surface area contributed by atoms with Crippen LogP contribution in [0.3, 0.4) is 0 Å². The van der Waals surface area contributed by atoms with Crippen LogP contribution in [-0.2, 0) is 13.5 Å². The van der Waals surface area contributed by atoms with Crippen LogP contribution in [0.25, 0.3) is 10.9 Å². The Labute approximate surface area is 138 Å². The summed E-state index contributed by atoms with van der Waals surface area (Å²) in [5.41, 5.74) is 4.01. The van der Waals surface area contributed by atoms with Crippen molar-refractivity contribution < 1.29 is 4.79 Å². The first-order valence-electron chi connectivity index (χ1n) is 7.72. The molecule has 0 saturated carbocycles. The molecule has 118 valence electrons. The SMILES string of the molecule is Cn1nccc1C(=O)NC1CCCc2c1[nH]c1ccc(Cl)cc21. The van der Waals surface area contributed by atoms with E-state index in [4.69, 9.17) is 11.6 Å². The van der Waals surface area contributed by atoms with Crippen molar-refractivity contribution in [2.45, 2.75) is 25.3 Å². The van der Waals surface area contributed by atoms with Crippen molar-refractivity contribution in [1.29, 1.82) is 0 Å². The van der Waals surface area contributed by atoms with E-state index >= 15 is 0 Å². The number of nitrogens with one attached hydrogen (secondary N) is 2. The molecule has 1 unspecified atom stereocenters. The second kappa shape index (κ2) is 5.42. The zero-order chi connectivity index (χ0) is 16.0. The Morgan fingerprint density at radius 1 is 1.43 bits per heavy atom. The van der Waals surface area contributed by atoms with Gasteiger partial charge >= 0.3 is 0 Å². The number of carbonyl (C=O) groups excluding carboxylic acids is 1. The van der Waals surface area contributed by atoms with Gasteiger partial charge in [0.1, 0.15) is 5.69 Å². The lowest BCUT2D eigenvalue weighted by Gasteiger charge is -2.23. The summed E-state index contributed by atoms with van der Waals surface area (Å²) in [6, 6.07) is 7.60. The lowest BCUT2D eigenvalue weighted by molar-refractivity contribution is 0.0922. The van der Waals surface area contributed by atoms with Gasteiger partial charge in [-0.1, -0.05) is 11.6 Å². The molecule has 6 heteroatoms. The Morgan fingerprint density at radius 3 is 3.09 bits per heavy atom. The third kappa shape index (κ3) is 2.41. The molecule has 1 aromatic carbocycles. The Balaban J connectivity index is 1.69. The molecule has 1 aliphatic rings. The third-order valence-corrected chi connectivity index (χ3v) is 4.76. The smallest absolute Gasteiger partial charge is 0.270 e. The molecule has 5 nitrogen and oxygen atoms in total. The molecule has 2 aromatic heterocycles. The van der Waals surface area contributed by atoms with Gasteiger partial charge in [-0.05, 0) is 49.1 Å². The summed E-state index contributed by atoms with van der Waals surface area (Å²) in [7, 11) is 1.77. The molecule has 0 radical (unpaired) electrons. The maximum absolute atomic E-state index is 12.5. The van der Waals surface area contributed by atoms with Gasteiger partial charge in [-0.25, -0.2) is 0 Å². The number of hydrogen-bond acceptors (Lipinski definition) is 2. The van der Waals surface area contributed by atoms with Crippen molar-refractivity contribution in [3.05, 3.63) is 52.4 Å². The molecule has 0 saturated heterocycles. The van der Waals surface area contributed by atoms with Crippen molar-refractivity contribution >= 4 is 28.4 Å². The summed E-state index contributed by atoms with van der Waals surface area (Å²) >= 11 is 6.13. The summed E-state index contributed by atoms with van der Waals surface area (Å²) < 4.78 is 1.59. The average Bonchev–Trinajstić information content (AvgIpc) is 3.11. The summed E-state index contributed by atoms with van der Waals surface area (Å²) in [6.45, 7) is 0. The van der Waals surface area contributed by atoms with Gasteiger partial charge in [-0.3, -0.25) is 9.48 Å². The van der Waals surface area contributed by atoms with Gasteiger partial charge in [0, 0.05) is 34.9 Å². The summed E-state index contributed by atoms with van der Waals surface area (Å²) in [6.07, 6.45) is 4.61. The molecule has 0 bridgehead atoms. The molecule has 0 spiro atoms. The number of nitrogens with zero attached hydrogens (tertiary/aromatic N) is 2. The van der Waals surface area contributed by atoms with E-state index < -0.39 is 0 Å². The van der Waals surface area contributed by atoms with Gasteiger partial charge in [0.05, 0.1) is 6.04 Å². The molecule has 4 rings (SSSR count). The Morgan fingerprint density at radius 2 is 2.30 bits per heavy atom. The number of benzene rings is 1. The van der Waals surface area contributed by atoms with Crippen molar-refractivity contribution in [2.75, 3.05) is 0 Å². The van der Waals surface area contributed by atoms with E-state index in [1.165, 1.54) is 5.56 Å². The van der Waals surface area contributed by atoms with E-state index in [0.29, 0.717) is 5.69 Å². The fourth-order valence-electron chi connectivity index (χ4n) is 3.41. The van der Waals surface area contributed by atoms with Crippen LogP contribution in [-0.4, -0.2) is 20.7 Å². The second-order valence-electron chi connectivity index (χ2n) is 5.97. The standard InChI is InChI=1S/C17H17ClN4O/c1-22-15(7-8-19-22)17(23)21-14-4-2-3-11-12-9-10(18)5-6-13(12)20-16(11)14/h5-9,14,20H,2-4H2,1H3,(H,21,23). The second-order valence-corrected chi connectivity index (χ2v) is 6.40. The molecule has 1 amide bonds. The molecule has 0 aliphatic heterocycles. The molecular formula is C17H17ClN4O. The quantitative estimate of drug-likeness (QED) is 0.757. The fourth-order valence-corrected chi connectivity index (χ4v) is 3.58. The normalized spacial score (nSPS) is 17.2. The van der Waals surface area contributed by atoms with E-state index in [-0.39, 0.29) is 11.9 Å². The molecular weight excluding hydrogens is 312 g/mol. The van der Waals surface area contributed by atoms with Gasteiger partial charge in [-0.15, -0.1) is 0 Å². The van der Waals surface area contributed by atoms with Crippen LogP contribution in [0.5, 0.6) is 0 Å². The first kappa shape index (κ1) is 14.3. The number of fused-ring (bicyclic) bond motifs is 3. The highest BCUT2D eigenvalue weighted by Crippen LogP contribution is 2.35. The van der Waals surface area contributed by atoms with Crippen LogP contribution >= 0.6 is 11.6 Å². The maximum atomic E-state index is 12.5. The van der Waals surface area contributed by atoms with Crippen molar-refractivity contribution in [3.8, 4) is 0 Å². The predicted octanol–water partition coefficient (Wildman–Crippen LogP) is 3.36. The third-order valence-electron chi connectivity index (χ3n) is 4.53. The summed E-state index contributed by atoms with van der Waals surface area (Å²) in [5.74, 6) is -0.0976. The highest BCUT2D eigenvalue weighted by atomic mass is 35.5. The molecule has 1 aliphatic carbocycles. The van der Waals surface area contributed by atoms with Gasteiger partial charge in [0.2, 0.25) is 0 Å². The molecule has 1 atom stereocenters. The van der Waals surface area contributed by atoms with Crippen molar-refractivity contribution in [2.24, 2.45) is 7.05 Å². The first-order valence-corrected chi connectivity index (χ1v) is 8.10. The first-order chi connectivity index (χ1) is 11.1. The van der Waals surface area contributed by atoms with Gasteiger partial charge in [-0.2, -0.15) is 5.10 Å². The summed E-state index contributed by atoms with van der Waals surface area (Å²) in [5, 5.41) is 9.08. The number of halogens is 1. The number of aromatic amines is 1. The molecule has 0 fully saturated rings. The molecule has 2 heterocycles. The van der Waals surface area contributed by atoms with Crippen molar-refractivity contribution in [3.63, 3.8) is 0 Å². The van der Waals surface area contributed by atoms with E-state index in [1.54, 1.807) is 24.0 Å². The van der Waals surface area contributed by atoms with Crippen LogP contribution in [0.1, 0.15) is 40.6 Å². The van der Waals surface area contributed by atoms with Crippen LogP contribution < -0.4 is 5.32 Å². The fraction of sp³-hybridized carbons (Fsp3) is 0.294. The topological polar surface area (TPSA) is 62.7 Å². The van der Waals surface area contributed by atoms with Crippen molar-refractivity contribution in [1.82, 2.24) is 20.1 Å². The van der Waals surface area contributed by atoms with Gasteiger partial charge in [0.15, 0.2) is 0 Å². The minimum atomic E-state index is -0.0976. The maximum Gasteiger partial charge on any atom is 0.270 e. The number of hydrogen-bond donors (Lipinski definition) is 2. The summed E-state index contributed by atoms with van der Waals surface area (Å²) in [4.78, 5) is 15.9. The number of aromatic nitrogens is 3. The zero-order valence-corrected chi connectivity index (χ0v) is 13.5. The van der Waals surface area contributed by atoms with Crippen LogP contribution in [0.15, 0.2) is 30.5 Å². The molecule has 3 aromatic rings. The number of amides is 1. The minimum absolute atomic E-state index is 0.00711. The molecule has 23 heavy (non-hydrogen) atoms. The lowest BCUT2D eigenvalue weighted by atomic mass is 9.91. The highest BCUT2D eigenvalue weighted by Gasteiger charge is 2.26. The largest absolute Gasteiger partial charge is 0.356 e. The zero-order valence-electron chi connectivity index (χ0n) is 12.8. The lowest BCUT2D eigenvalue weighted by Crippen LogP contribution is -2.32. The predicted molar refractivity (Wildman–Crippen MR) is 89.7 cm³/mol. The minimum Gasteiger partial charge on any atom is -0.356 e. The highest BCUT2D eigenvalue weighted by molar-refractivity contribution is 6.31. The number of carbonyl (C=O) groups is 1. The van der Waals surface area contributed by atoms with E-state index in [1.807, 2.05) is 18.2 Å². The number of H-pyrrole nitrogens is 1. The average molecular weight is 329 g/mol. The Bertz CT molecular complexity index is 895. The number of rotatable bonds is 2. The van der Waals surface area contributed by atoms with Crippen LogP contribution in [0.4, 0.5) is 0 Å². The number of aryl methyl sites for hydroxylation is 2. The Hall–Kier alpha value is -2.27. The van der Waals surface area contributed by atoms with Gasteiger partial charge in [0.25, 0.3) is 5.91 Å². The van der Waals surface area contributed by atoms with E-state index in [2.05, 4.69) is 15.4 Å². The van der Waals surface area contributed by atoms with Gasteiger partial charge < -0.3 is 10.3 Å². The van der Waals surface area contributed by atoms with Crippen LogP contribution in [0.2, 0.25) is 5.02 Å². The Kier molecular flexibility index (Phi) is 3.38. The molecule has 2 N–H and O–H groups in total. The van der Waals surface area contributed by atoms with E-state index in [0.717, 1.165) is 40.9 Å².